The smallest absolute Gasteiger partial charge is 0.244 e. The van der Waals surface area contributed by atoms with Crippen LogP contribution in [-0.2, 0) is 9.53 Å². The molecular formula is C15H20ClN5O2. The Hall–Kier alpha value is -1.96. The van der Waals surface area contributed by atoms with E-state index < -0.39 is 5.54 Å². The summed E-state index contributed by atoms with van der Waals surface area (Å²) in [6.07, 6.45) is 1.05. The van der Waals surface area contributed by atoms with Crippen LogP contribution >= 0.6 is 12.4 Å². The lowest BCUT2D eigenvalue weighted by Crippen LogP contribution is -2.54. The maximum absolute atomic E-state index is 12.4. The fourth-order valence-corrected chi connectivity index (χ4v) is 2.43. The number of halogens is 1. The zero-order chi connectivity index (χ0) is 15.6. The summed E-state index contributed by atoms with van der Waals surface area (Å²) in [5, 5.41) is 9.81. The van der Waals surface area contributed by atoms with E-state index in [2.05, 4.69) is 20.5 Å². The Morgan fingerprint density at radius 3 is 2.78 bits per heavy atom. The highest BCUT2D eigenvalue weighted by atomic mass is 35.5. The number of hydrogen-bond acceptors (Lipinski definition) is 5. The zero-order valence-electron chi connectivity index (χ0n) is 12.8. The molecule has 0 atom stereocenters. The van der Waals surface area contributed by atoms with E-state index in [4.69, 9.17) is 10.5 Å². The van der Waals surface area contributed by atoms with Gasteiger partial charge in [0.25, 0.3) is 0 Å². The van der Waals surface area contributed by atoms with Crippen molar-refractivity contribution in [2.45, 2.75) is 25.3 Å². The molecule has 1 saturated heterocycles. The highest BCUT2D eigenvalue weighted by Gasteiger charge is 2.35. The SMILES string of the molecule is Cc1nc(-c2cccc(NC(=O)C3(N)CCOCC3)c2)n[nH]1.Cl. The monoisotopic (exact) mass is 337 g/mol. The van der Waals surface area contributed by atoms with E-state index >= 15 is 0 Å². The molecule has 0 radical (unpaired) electrons. The summed E-state index contributed by atoms with van der Waals surface area (Å²) in [7, 11) is 0. The highest BCUT2D eigenvalue weighted by Crippen LogP contribution is 2.23. The van der Waals surface area contributed by atoms with Gasteiger partial charge in [-0.05, 0) is 31.9 Å². The number of anilines is 1. The third-order valence-corrected chi connectivity index (χ3v) is 3.81. The topological polar surface area (TPSA) is 106 Å². The molecular weight excluding hydrogens is 318 g/mol. The largest absolute Gasteiger partial charge is 0.381 e. The molecule has 0 spiro atoms. The molecule has 1 aromatic carbocycles. The summed E-state index contributed by atoms with van der Waals surface area (Å²) in [6, 6.07) is 7.40. The first-order chi connectivity index (χ1) is 10.6. The summed E-state index contributed by atoms with van der Waals surface area (Å²) >= 11 is 0. The van der Waals surface area contributed by atoms with Crippen molar-refractivity contribution >= 4 is 24.0 Å². The Bertz CT molecular complexity index is 682. The second-order valence-corrected chi connectivity index (χ2v) is 5.55. The van der Waals surface area contributed by atoms with Gasteiger partial charge in [0.2, 0.25) is 5.91 Å². The van der Waals surface area contributed by atoms with Gasteiger partial charge in [0, 0.05) is 24.5 Å². The Morgan fingerprint density at radius 2 is 2.13 bits per heavy atom. The standard InChI is InChI=1S/C15H19N5O2.ClH/c1-10-17-13(20-19-10)11-3-2-4-12(9-11)18-14(21)15(16)5-7-22-8-6-15;/h2-4,9H,5-8,16H2,1H3,(H,18,21)(H,17,19,20);1H. The van der Waals surface area contributed by atoms with Gasteiger partial charge >= 0.3 is 0 Å². The van der Waals surface area contributed by atoms with Crippen LogP contribution in [0.1, 0.15) is 18.7 Å². The lowest BCUT2D eigenvalue weighted by Gasteiger charge is -2.31. The number of benzene rings is 1. The van der Waals surface area contributed by atoms with Crippen molar-refractivity contribution < 1.29 is 9.53 Å². The first kappa shape index (κ1) is 17.4. The van der Waals surface area contributed by atoms with Gasteiger partial charge in [-0.25, -0.2) is 4.98 Å². The number of nitrogens with one attached hydrogen (secondary N) is 2. The molecule has 2 heterocycles. The van der Waals surface area contributed by atoms with E-state index in [1.807, 2.05) is 31.2 Å². The van der Waals surface area contributed by atoms with E-state index in [9.17, 15) is 4.79 Å². The molecule has 1 amide bonds. The molecule has 1 fully saturated rings. The van der Waals surface area contributed by atoms with E-state index in [0.717, 1.165) is 11.4 Å². The second-order valence-electron chi connectivity index (χ2n) is 5.55. The van der Waals surface area contributed by atoms with Crippen molar-refractivity contribution in [3.63, 3.8) is 0 Å². The van der Waals surface area contributed by atoms with Crippen LogP contribution in [0, 0.1) is 6.92 Å². The summed E-state index contributed by atoms with van der Waals surface area (Å²) in [5.74, 6) is 1.16. The molecule has 124 valence electrons. The van der Waals surface area contributed by atoms with Crippen molar-refractivity contribution in [1.29, 1.82) is 0 Å². The molecule has 23 heavy (non-hydrogen) atoms. The summed E-state index contributed by atoms with van der Waals surface area (Å²) in [5.41, 5.74) is 6.83. The van der Waals surface area contributed by atoms with Crippen molar-refractivity contribution in [2.24, 2.45) is 5.73 Å². The number of aromatic amines is 1. The van der Waals surface area contributed by atoms with Crippen LogP contribution in [0.5, 0.6) is 0 Å². The van der Waals surface area contributed by atoms with Crippen LogP contribution in [0.4, 0.5) is 5.69 Å². The van der Waals surface area contributed by atoms with Crippen LogP contribution in [0.15, 0.2) is 24.3 Å². The molecule has 1 aromatic heterocycles. The number of rotatable bonds is 3. The van der Waals surface area contributed by atoms with E-state index in [1.165, 1.54) is 0 Å². The van der Waals surface area contributed by atoms with Crippen LogP contribution in [0.3, 0.4) is 0 Å². The Morgan fingerprint density at radius 1 is 1.39 bits per heavy atom. The number of hydrogen-bond donors (Lipinski definition) is 3. The highest BCUT2D eigenvalue weighted by molar-refractivity contribution is 5.98. The normalized spacial score (nSPS) is 16.4. The van der Waals surface area contributed by atoms with Crippen molar-refractivity contribution in [3.05, 3.63) is 30.1 Å². The lowest BCUT2D eigenvalue weighted by atomic mass is 9.90. The number of carbonyl (C=O) groups excluding carboxylic acids is 1. The molecule has 3 rings (SSSR count). The lowest BCUT2D eigenvalue weighted by molar-refractivity contribution is -0.124. The number of carbonyl (C=O) groups is 1. The van der Waals surface area contributed by atoms with Gasteiger partial charge in [-0.2, -0.15) is 5.10 Å². The van der Waals surface area contributed by atoms with E-state index in [1.54, 1.807) is 0 Å². The molecule has 7 nitrogen and oxygen atoms in total. The summed E-state index contributed by atoms with van der Waals surface area (Å²) in [4.78, 5) is 16.7. The second kappa shape index (κ2) is 7.08. The number of H-pyrrole nitrogens is 1. The van der Waals surface area contributed by atoms with Gasteiger partial charge in [0.1, 0.15) is 11.4 Å². The number of nitrogens with zero attached hydrogens (tertiary/aromatic N) is 2. The minimum Gasteiger partial charge on any atom is -0.381 e. The van der Waals surface area contributed by atoms with Crippen molar-refractivity contribution in [1.82, 2.24) is 15.2 Å². The third-order valence-electron chi connectivity index (χ3n) is 3.81. The van der Waals surface area contributed by atoms with E-state index in [0.29, 0.717) is 37.6 Å². The molecule has 4 N–H and O–H groups in total. The molecule has 1 aliphatic rings. The number of ether oxygens (including phenoxy) is 1. The number of nitrogens with two attached hydrogens (primary N) is 1. The van der Waals surface area contributed by atoms with E-state index in [-0.39, 0.29) is 18.3 Å². The fourth-order valence-electron chi connectivity index (χ4n) is 2.43. The number of amides is 1. The Balaban J connectivity index is 0.00000192. The van der Waals surface area contributed by atoms with Gasteiger partial charge in [-0.1, -0.05) is 12.1 Å². The molecule has 2 aromatic rings. The van der Waals surface area contributed by atoms with Gasteiger partial charge in [-0.15, -0.1) is 12.4 Å². The maximum Gasteiger partial charge on any atom is 0.244 e. The predicted octanol–water partition coefficient (Wildman–Crippen LogP) is 1.65. The summed E-state index contributed by atoms with van der Waals surface area (Å²) in [6.45, 7) is 2.87. The average Bonchev–Trinajstić information content (AvgIpc) is 2.95. The van der Waals surface area contributed by atoms with Gasteiger partial charge in [0.05, 0.1) is 0 Å². The van der Waals surface area contributed by atoms with Crippen molar-refractivity contribution in [2.75, 3.05) is 18.5 Å². The van der Waals surface area contributed by atoms with Gasteiger partial charge in [-0.3, -0.25) is 9.89 Å². The van der Waals surface area contributed by atoms with Crippen LogP contribution < -0.4 is 11.1 Å². The minimum absolute atomic E-state index is 0. The molecule has 1 aliphatic heterocycles. The molecule has 8 heteroatoms. The first-order valence-electron chi connectivity index (χ1n) is 7.24. The average molecular weight is 338 g/mol. The Labute approximate surface area is 140 Å². The predicted molar refractivity (Wildman–Crippen MR) is 89.4 cm³/mol. The fraction of sp³-hybridized carbons (Fsp3) is 0.400. The maximum atomic E-state index is 12.4. The number of aromatic nitrogens is 3. The minimum atomic E-state index is -0.866. The van der Waals surface area contributed by atoms with Gasteiger partial charge < -0.3 is 15.8 Å². The molecule has 0 saturated carbocycles. The van der Waals surface area contributed by atoms with Crippen LogP contribution in [-0.4, -0.2) is 39.8 Å². The number of aryl methyl sites for hydroxylation is 1. The van der Waals surface area contributed by atoms with Crippen molar-refractivity contribution in [3.8, 4) is 11.4 Å². The molecule has 0 bridgehead atoms. The third kappa shape index (κ3) is 3.87. The molecule has 0 unspecified atom stereocenters. The van der Waals surface area contributed by atoms with Gasteiger partial charge in [0.15, 0.2) is 5.82 Å². The zero-order valence-corrected chi connectivity index (χ0v) is 13.7. The Kier molecular flexibility index (Phi) is 5.35. The first-order valence-corrected chi connectivity index (χ1v) is 7.24. The summed E-state index contributed by atoms with van der Waals surface area (Å²) < 4.78 is 5.26. The molecule has 0 aliphatic carbocycles. The quantitative estimate of drug-likeness (QED) is 0.789. The van der Waals surface area contributed by atoms with Crippen LogP contribution in [0.25, 0.3) is 11.4 Å². The van der Waals surface area contributed by atoms with Crippen LogP contribution in [0.2, 0.25) is 0 Å².